The SMILES string of the molecule is O=C(Nc1ccc(N2CCCC2=O)cc1)c1ccc(-c2ccccc2F)s1. The summed E-state index contributed by atoms with van der Waals surface area (Å²) in [6, 6.07) is 17.2. The molecule has 136 valence electrons. The molecule has 0 aliphatic carbocycles. The van der Waals surface area contributed by atoms with Gasteiger partial charge in [0, 0.05) is 34.8 Å². The first-order chi connectivity index (χ1) is 13.1. The molecule has 2 amide bonds. The molecule has 0 bridgehead atoms. The highest BCUT2D eigenvalue weighted by Gasteiger charge is 2.21. The molecule has 1 N–H and O–H groups in total. The van der Waals surface area contributed by atoms with Gasteiger partial charge in [-0.05, 0) is 48.9 Å². The number of hydrogen-bond acceptors (Lipinski definition) is 3. The third kappa shape index (κ3) is 3.61. The molecule has 3 aromatic rings. The van der Waals surface area contributed by atoms with Crippen LogP contribution < -0.4 is 10.2 Å². The summed E-state index contributed by atoms with van der Waals surface area (Å²) < 4.78 is 13.9. The van der Waals surface area contributed by atoms with Gasteiger partial charge in [0.15, 0.2) is 0 Å². The van der Waals surface area contributed by atoms with Gasteiger partial charge in [-0.25, -0.2) is 4.39 Å². The zero-order valence-corrected chi connectivity index (χ0v) is 15.3. The molecule has 2 aromatic carbocycles. The van der Waals surface area contributed by atoms with Crippen LogP contribution in [0.4, 0.5) is 15.8 Å². The fraction of sp³-hybridized carbons (Fsp3) is 0.143. The van der Waals surface area contributed by atoms with Crippen LogP contribution in [0, 0.1) is 5.82 Å². The Balaban J connectivity index is 1.47. The van der Waals surface area contributed by atoms with Gasteiger partial charge in [-0.1, -0.05) is 18.2 Å². The summed E-state index contributed by atoms with van der Waals surface area (Å²) in [4.78, 5) is 27.2. The van der Waals surface area contributed by atoms with Gasteiger partial charge < -0.3 is 10.2 Å². The van der Waals surface area contributed by atoms with Crippen molar-refractivity contribution in [3.8, 4) is 10.4 Å². The van der Waals surface area contributed by atoms with Crippen molar-refractivity contribution < 1.29 is 14.0 Å². The van der Waals surface area contributed by atoms with Crippen LogP contribution in [-0.2, 0) is 4.79 Å². The maximum Gasteiger partial charge on any atom is 0.265 e. The van der Waals surface area contributed by atoms with E-state index in [4.69, 9.17) is 0 Å². The standard InChI is InChI=1S/C21H17FN2O2S/c22-17-5-2-1-4-16(17)18-11-12-19(27-18)21(26)23-14-7-9-15(10-8-14)24-13-3-6-20(24)25/h1-2,4-5,7-12H,3,6,13H2,(H,23,26). The zero-order chi connectivity index (χ0) is 18.8. The number of rotatable bonds is 4. The lowest BCUT2D eigenvalue weighted by atomic mass is 10.2. The number of benzene rings is 2. The molecule has 0 saturated carbocycles. The van der Waals surface area contributed by atoms with Crippen molar-refractivity contribution in [2.24, 2.45) is 0 Å². The van der Waals surface area contributed by atoms with E-state index in [1.54, 1.807) is 47.4 Å². The zero-order valence-electron chi connectivity index (χ0n) is 14.4. The average Bonchev–Trinajstić information content (AvgIpc) is 3.32. The lowest BCUT2D eigenvalue weighted by molar-refractivity contribution is -0.117. The van der Waals surface area contributed by atoms with Crippen molar-refractivity contribution in [2.45, 2.75) is 12.8 Å². The van der Waals surface area contributed by atoms with Gasteiger partial charge in [-0.15, -0.1) is 11.3 Å². The minimum absolute atomic E-state index is 0.131. The Labute approximate surface area is 160 Å². The molecule has 1 fully saturated rings. The second-order valence-corrected chi connectivity index (χ2v) is 7.38. The Bertz CT molecular complexity index is 997. The molecule has 0 spiro atoms. The molecule has 1 saturated heterocycles. The second kappa shape index (κ2) is 7.32. The first-order valence-electron chi connectivity index (χ1n) is 8.68. The maximum atomic E-state index is 13.9. The molecular weight excluding hydrogens is 363 g/mol. The van der Waals surface area contributed by atoms with Crippen LogP contribution >= 0.6 is 11.3 Å². The van der Waals surface area contributed by atoms with Crippen molar-refractivity contribution >= 4 is 34.5 Å². The van der Waals surface area contributed by atoms with Crippen LogP contribution in [0.25, 0.3) is 10.4 Å². The summed E-state index contributed by atoms with van der Waals surface area (Å²) >= 11 is 1.25. The Kier molecular flexibility index (Phi) is 4.73. The maximum absolute atomic E-state index is 13.9. The van der Waals surface area contributed by atoms with Crippen molar-refractivity contribution in [3.05, 3.63) is 71.4 Å². The molecule has 1 aliphatic rings. The van der Waals surface area contributed by atoms with Crippen molar-refractivity contribution in [1.82, 2.24) is 0 Å². The van der Waals surface area contributed by atoms with Crippen LogP contribution in [0.3, 0.4) is 0 Å². The molecule has 6 heteroatoms. The monoisotopic (exact) mass is 380 g/mol. The molecule has 0 unspecified atom stereocenters. The van der Waals surface area contributed by atoms with Crippen LogP contribution in [-0.4, -0.2) is 18.4 Å². The minimum atomic E-state index is -0.307. The first-order valence-corrected chi connectivity index (χ1v) is 9.50. The molecule has 1 aliphatic heterocycles. The summed E-state index contributed by atoms with van der Waals surface area (Å²) in [5, 5.41) is 2.84. The molecular formula is C21H17FN2O2S. The minimum Gasteiger partial charge on any atom is -0.321 e. The van der Waals surface area contributed by atoms with E-state index < -0.39 is 0 Å². The third-order valence-electron chi connectivity index (χ3n) is 4.48. The van der Waals surface area contributed by atoms with Crippen LogP contribution in [0.2, 0.25) is 0 Å². The Morgan fingerprint density at radius 2 is 1.81 bits per heavy atom. The number of thiophene rings is 1. The van der Waals surface area contributed by atoms with Gasteiger partial charge in [0.1, 0.15) is 5.82 Å². The number of halogens is 1. The summed E-state index contributed by atoms with van der Waals surface area (Å²) in [5.74, 6) is -0.419. The van der Waals surface area contributed by atoms with E-state index in [1.165, 1.54) is 17.4 Å². The predicted molar refractivity (Wildman–Crippen MR) is 106 cm³/mol. The van der Waals surface area contributed by atoms with E-state index in [1.807, 2.05) is 12.1 Å². The van der Waals surface area contributed by atoms with Gasteiger partial charge in [0.25, 0.3) is 5.91 Å². The number of amides is 2. The number of hydrogen-bond donors (Lipinski definition) is 1. The molecule has 0 radical (unpaired) electrons. The molecule has 2 heterocycles. The van der Waals surface area contributed by atoms with E-state index in [0.717, 1.165) is 18.7 Å². The normalized spacial score (nSPS) is 13.8. The number of nitrogens with zero attached hydrogens (tertiary/aromatic N) is 1. The van der Waals surface area contributed by atoms with E-state index in [-0.39, 0.29) is 17.6 Å². The number of carbonyl (C=O) groups excluding carboxylic acids is 2. The second-order valence-electron chi connectivity index (χ2n) is 6.29. The van der Waals surface area contributed by atoms with Gasteiger partial charge >= 0.3 is 0 Å². The Morgan fingerprint density at radius 1 is 1.04 bits per heavy atom. The van der Waals surface area contributed by atoms with Crippen molar-refractivity contribution in [3.63, 3.8) is 0 Å². The Morgan fingerprint density at radius 3 is 2.52 bits per heavy atom. The van der Waals surface area contributed by atoms with Gasteiger partial charge in [-0.3, -0.25) is 9.59 Å². The highest BCUT2D eigenvalue weighted by Crippen LogP contribution is 2.30. The smallest absolute Gasteiger partial charge is 0.265 e. The number of anilines is 2. The summed E-state index contributed by atoms with van der Waals surface area (Å²) in [6.45, 7) is 0.735. The lowest BCUT2D eigenvalue weighted by Crippen LogP contribution is -2.23. The van der Waals surface area contributed by atoms with Gasteiger partial charge in [-0.2, -0.15) is 0 Å². The third-order valence-corrected chi connectivity index (χ3v) is 5.60. The Hall–Kier alpha value is -2.99. The van der Waals surface area contributed by atoms with Crippen LogP contribution in [0.5, 0.6) is 0 Å². The summed E-state index contributed by atoms with van der Waals surface area (Å²) in [5.41, 5.74) is 1.98. The van der Waals surface area contributed by atoms with E-state index in [9.17, 15) is 14.0 Å². The van der Waals surface area contributed by atoms with Crippen LogP contribution in [0.15, 0.2) is 60.7 Å². The largest absolute Gasteiger partial charge is 0.321 e. The molecule has 27 heavy (non-hydrogen) atoms. The highest BCUT2D eigenvalue weighted by atomic mass is 32.1. The van der Waals surface area contributed by atoms with E-state index >= 15 is 0 Å². The topological polar surface area (TPSA) is 49.4 Å². The van der Waals surface area contributed by atoms with Gasteiger partial charge in [0.2, 0.25) is 5.91 Å². The van der Waals surface area contributed by atoms with Crippen molar-refractivity contribution in [1.29, 1.82) is 0 Å². The summed E-state index contributed by atoms with van der Waals surface area (Å²) in [6.07, 6.45) is 1.46. The summed E-state index contributed by atoms with van der Waals surface area (Å²) in [7, 11) is 0. The number of carbonyl (C=O) groups is 2. The number of nitrogens with one attached hydrogen (secondary N) is 1. The fourth-order valence-corrected chi connectivity index (χ4v) is 4.03. The molecule has 0 atom stereocenters. The molecule has 4 nitrogen and oxygen atoms in total. The van der Waals surface area contributed by atoms with Crippen molar-refractivity contribution in [2.75, 3.05) is 16.8 Å². The van der Waals surface area contributed by atoms with E-state index in [0.29, 0.717) is 27.4 Å². The molecule has 1 aromatic heterocycles. The first kappa shape index (κ1) is 17.4. The predicted octanol–water partition coefficient (Wildman–Crippen LogP) is 4.93. The fourth-order valence-electron chi connectivity index (χ4n) is 3.10. The van der Waals surface area contributed by atoms with E-state index in [2.05, 4.69) is 5.32 Å². The molecule has 4 rings (SSSR count). The average molecular weight is 380 g/mol. The lowest BCUT2D eigenvalue weighted by Gasteiger charge is -2.16. The van der Waals surface area contributed by atoms with Gasteiger partial charge in [0.05, 0.1) is 4.88 Å². The van der Waals surface area contributed by atoms with Crippen LogP contribution in [0.1, 0.15) is 22.5 Å². The highest BCUT2D eigenvalue weighted by molar-refractivity contribution is 7.17. The quantitative estimate of drug-likeness (QED) is 0.697.